The molecule has 0 amide bonds. The Hall–Kier alpha value is -1.07. The molecular weight excluding hydrogens is 318 g/mol. The molecule has 2 aromatic rings. The number of rotatable bonds is 1. The highest BCUT2D eigenvalue weighted by Crippen LogP contribution is 2.48. The molecule has 5 heteroatoms. The molecule has 3 heterocycles. The minimum Gasteiger partial charge on any atom is -0.507 e. The van der Waals surface area contributed by atoms with E-state index in [1.54, 1.807) is 23.5 Å². The van der Waals surface area contributed by atoms with Crippen LogP contribution in [0, 0.1) is 0 Å². The molecule has 2 aliphatic heterocycles. The van der Waals surface area contributed by atoms with Crippen LogP contribution in [-0.2, 0) is 16.8 Å². The van der Waals surface area contributed by atoms with Crippen LogP contribution in [0.1, 0.15) is 23.3 Å². The molecule has 1 saturated heterocycles. The van der Waals surface area contributed by atoms with Crippen LogP contribution >= 0.6 is 22.9 Å². The lowest BCUT2D eigenvalue weighted by atomic mass is 9.86. The minimum atomic E-state index is -0.129. The van der Waals surface area contributed by atoms with E-state index in [2.05, 4.69) is 11.4 Å². The number of aromatic hydroxyl groups is 1. The van der Waals surface area contributed by atoms with Crippen molar-refractivity contribution in [1.82, 2.24) is 5.32 Å². The summed E-state index contributed by atoms with van der Waals surface area (Å²) in [6, 6.07) is 7.42. The van der Waals surface area contributed by atoms with Crippen molar-refractivity contribution < 1.29 is 9.84 Å². The zero-order valence-corrected chi connectivity index (χ0v) is 13.8. The number of ether oxygens (including phenoxy) is 1. The number of halogens is 1. The maximum Gasteiger partial charge on any atom is 0.124 e. The van der Waals surface area contributed by atoms with E-state index >= 15 is 0 Å². The maximum atomic E-state index is 10.2. The van der Waals surface area contributed by atoms with Crippen LogP contribution in [0.2, 0.25) is 5.02 Å². The summed E-state index contributed by atoms with van der Waals surface area (Å²) in [4.78, 5) is 2.42. The predicted molar refractivity (Wildman–Crippen MR) is 89.9 cm³/mol. The van der Waals surface area contributed by atoms with Gasteiger partial charge in [0.25, 0.3) is 0 Å². The zero-order chi connectivity index (χ0) is 15.2. The van der Waals surface area contributed by atoms with Gasteiger partial charge in [0.1, 0.15) is 11.4 Å². The van der Waals surface area contributed by atoms with Crippen molar-refractivity contribution in [3.05, 3.63) is 39.7 Å². The van der Waals surface area contributed by atoms with Crippen LogP contribution in [0.3, 0.4) is 0 Å². The first-order valence-corrected chi connectivity index (χ1v) is 8.84. The Morgan fingerprint density at radius 3 is 2.86 bits per heavy atom. The molecule has 0 radical (unpaired) electrons. The molecule has 22 heavy (non-hydrogen) atoms. The van der Waals surface area contributed by atoms with Crippen molar-refractivity contribution in [2.24, 2.45) is 0 Å². The Morgan fingerprint density at radius 1 is 1.23 bits per heavy atom. The second-order valence-electron chi connectivity index (χ2n) is 5.97. The molecule has 0 saturated carbocycles. The lowest BCUT2D eigenvalue weighted by molar-refractivity contribution is -0.0771. The van der Waals surface area contributed by atoms with Gasteiger partial charge in [-0.1, -0.05) is 11.6 Å². The van der Waals surface area contributed by atoms with Crippen molar-refractivity contribution in [2.45, 2.75) is 24.9 Å². The van der Waals surface area contributed by atoms with Crippen LogP contribution in [-0.4, -0.2) is 24.8 Å². The largest absolute Gasteiger partial charge is 0.507 e. The fourth-order valence-corrected chi connectivity index (χ4v) is 5.07. The lowest BCUT2D eigenvalue weighted by Crippen LogP contribution is -2.43. The summed E-state index contributed by atoms with van der Waals surface area (Å²) >= 11 is 7.84. The molecule has 0 bridgehead atoms. The minimum absolute atomic E-state index is 0.129. The predicted octanol–water partition coefficient (Wildman–Crippen LogP) is 3.93. The first-order valence-electron chi connectivity index (χ1n) is 7.65. The Labute approximate surface area is 138 Å². The van der Waals surface area contributed by atoms with Crippen LogP contribution in [0.4, 0.5) is 0 Å². The van der Waals surface area contributed by atoms with Crippen molar-refractivity contribution in [3.8, 4) is 16.2 Å². The Kier molecular flexibility index (Phi) is 3.65. The van der Waals surface area contributed by atoms with Gasteiger partial charge < -0.3 is 15.2 Å². The standard InChI is InChI=1S/C17H18ClNO2S/c18-12-1-2-14(20)13(10-12)15-9-11-3-8-21-17(16(11)22-15)4-6-19-7-5-17/h1-2,9-10,19-20H,3-8H2. The fraction of sp³-hybridized carbons (Fsp3) is 0.412. The molecule has 0 aliphatic carbocycles. The smallest absolute Gasteiger partial charge is 0.124 e. The van der Waals surface area contributed by atoms with E-state index in [1.165, 1.54) is 10.4 Å². The summed E-state index contributed by atoms with van der Waals surface area (Å²) in [5.74, 6) is 0.281. The van der Waals surface area contributed by atoms with Gasteiger partial charge in [-0.05, 0) is 62.2 Å². The number of benzene rings is 1. The highest BCUT2D eigenvalue weighted by atomic mass is 35.5. The fourth-order valence-electron chi connectivity index (χ4n) is 3.46. The van der Waals surface area contributed by atoms with Gasteiger partial charge in [0.15, 0.2) is 0 Å². The van der Waals surface area contributed by atoms with Crippen LogP contribution in [0.5, 0.6) is 5.75 Å². The monoisotopic (exact) mass is 335 g/mol. The maximum absolute atomic E-state index is 10.2. The van der Waals surface area contributed by atoms with Gasteiger partial charge in [0.05, 0.1) is 6.61 Å². The number of phenols is 1. The van der Waals surface area contributed by atoms with Crippen LogP contribution in [0.25, 0.3) is 10.4 Å². The molecule has 2 aliphatic rings. The summed E-state index contributed by atoms with van der Waals surface area (Å²) in [6.45, 7) is 2.77. The van der Waals surface area contributed by atoms with Gasteiger partial charge in [-0.15, -0.1) is 11.3 Å². The molecular formula is C17H18ClNO2S. The van der Waals surface area contributed by atoms with Gasteiger partial charge in [-0.3, -0.25) is 0 Å². The molecule has 116 valence electrons. The van der Waals surface area contributed by atoms with E-state index < -0.39 is 0 Å². The third-order valence-electron chi connectivity index (χ3n) is 4.61. The summed E-state index contributed by atoms with van der Waals surface area (Å²) in [5, 5.41) is 14.2. The third kappa shape index (κ3) is 2.35. The highest BCUT2D eigenvalue weighted by Gasteiger charge is 2.40. The zero-order valence-electron chi connectivity index (χ0n) is 12.2. The normalized spacial score (nSPS) is 20.0. The van der Waals surface area contributed by atoms with E-state index in [-0.39, 0.29) is 11.4 Å². The lowest BCUT2D eigenvalue weighted by Gasteiger charge is -2.40. The Bertz CT molecular complexity index is 707. The summed E-state index contributed by atoms with van der Waals surface area (Å²) in [5.41, 5.74) is 2.05. The molecule has 0 atom stereocenters. The van der Waals surface area contributed by atoms with Crippen molar-refractivity contribution in [1.29, 1.82) is 0 Å². The van der Waals surface area contributed by atoms with Crippen molar-refractivity contribution >= 4 is 22.9 Å². The SMILES string of the molecule is Oc1ccc(Cl)cc1-c1cc2c(s1)C1(CCNCC1)OCC2. The average Bonchev–Trinajstić information content (AvgIpc) is 2.96. The van der Waals surface area contributed by atoms with E-state index in [0.29, 0.717) is 5.02 Å². The van der Waals surface area contributed by atoms with E-state index in [1.807, 2.05) is 6.07 Å². The number of piperidine rings is 1. The molecule has 1 aromatic carbocycles. The Balaban J connectivity index is 1.80. The highest BCUT2D eigenvalue weighted by molar-refractivity contribution is 7.15. The quantitative estimate of drug-likeness (QED) is 0.829. The molecule has 1 aromatic heterocycles. The first kappa shape index (κ1) is 14.5. The molecule has 1 spiro atoms. The molecule has 1 fully saturated rings. The van der Waals surface area contributed by atoms with E-state index in [4.69, 9.17) is 16.3 Å². The molecule has 3 nitrogen and oxygen atoms in total. The summed E-state index contributed by atoms with van der Waals surface area (Å²) < 4.78 is 6.22. The van der Waals surface area contributed by atoms with Gasteiger partial charge >= 0.3 is 0 Å². The van der Waals surface area contributed by atoms with Gasteiger partial charge in [-0.25, -0.2) is 0 Å². The molecule has 2 N–H and O–H groups in total. The number of nitrogens with one attached hydrogen (secondary N) is 1. The number of thiophene rings is 1. The van der Waals surface area contributed by atoms with Crippen LogP contribution in [0.15, 0.2) is 24.3 Å². The molecule has 4 rings (SSSR count). The molecule has 0 unspecified atom stereocenters. The number of hydrogen-bond donors (Lipinski definition) is 2. The van der Waals surface area contributed by atoms with E-state index in [0.717, 1.165) is 49.4 Å². The number of fused-ring (bicyclic) bond motifs is 2. The van der Waals surface area contributed by atoms with Crippen molar-refractivity contribution in [3.63, 3.8) is 0 Å². The topological polar surface area (TPSA) is 41.5 Å². The van der Waals surface area contributed by atoms with Crippen molar-refractivity contribution in [2.75, 3.05) is 19.7 Å². The second kappa shape index (κ2) is 5.53. The summed E-state index contributed by atoms with van der Waals surface area (Å²) in [7, 11) is 0. The number of phenolic OH excluding ortho intramolecular Hbond substituents is 1. The first-order chi connectivity index (χ1) is 10.7. The van der Waals surface area contributed by atoms with Gasteiger partial charge in [0, 0.05) is 20.3 Å². The summed E-state index contributed by atoms with van der Waals surface area (Å²) in [6.07, 6.45) is 2.98. The van der Waals surface area contributed by atoms with Gasteiger partial charge in [-0.2, -0.15) is 0 Å². The van der Waals surface area contributed by atoms with E-state index in [9.17, 15) is 5.11 Å². The van der Waals surface area contributed by atoms with Crippen LogP contribution < -0.4 is 5.32 Å². The Morgan fingerprint density at radius 2 is 2.05 bits per heavy atom. The van der Waals surface area contributed by atoms with Gasteiger partial charge in [0.2, 0.25) is 0 Å². The number of hydrogen-bond acceptors (Lipinski definition) is 4. The third-order valence-corrected chi connectivity index (χ3v) is 6.24. The second-order valence-corrected chi connectivity index (χ2v) is 7.46. The average molecular weight is 336 g/mol.